The normalized spacial score (nSPS) is 17.5. The van der Waals surface area contributed by atoms with Crippen LogP contribution in [0.15, 0.2) is 6.07 Å². The minimum absolute atomic E-state index is 0.330. The fourth-order valence-corrected chi connectivity index (χ4v) is 2.24. The van der Waals surface area contributed by atoms with Gasteiger partial charge in [-0.25, -0.2) is 4.98 Å². The van der Waals surface area contributed by atoms with E-state index in [-0.39, 0.29) is 0 Å². The summed E-state index contributed by atoms with van der Waals surface area (Å²) in [6, 6.07) is 1.91. The van der Waals surface area contributed by atoms with Gasteiger partial charge < -0.3 is 10.1 Å². The van der Waals surface area contributed by atoms with E-state index in [1.165, 1.54) is 25.7 Å². The second-order valence-electron chi connectivity index (χ2n) is 4.65. The molecule has 17 heavy (non-hydrogen) atoms. The highest BCUT2D eigenvalue weighted by Crippen LogP contribution is 2.22. The lowest BCUT2D eigenvalue weighted by atomic mass is 10.1. The summed E-state index contributed by atoms with van der Waals surface area (Å²) in [5.74, 6) is 1.34. The molecule has 94 valence electrons. The van der Waals surface area contributed by atoms with E-state index < -0.39 is 0 Å². The number of aryl methyl sites for hydroxylation is 1. The summed E-state index contributed by atoms with van der Waals surface area (Å²) in [4.78, 5) is 8.59. The van der Waals surface area contributed by atoms with Crippen LogP contribution >= 0.6 is 0 Å². The lowest BCUT2D eigenvalue weighted by molar-refractivity contribution is 0.176. The van der Waals surface area contributed by atoms with Crippen LogP contribution in [0.1, 0.15) is 44.2 Å². The highest BCUT2D eigenvalue weighted by atomic mass is 16.5. The number of rotatable bonds is 3. The molecule has 1 aliphatic rings. The average molecular weight is 235 g/mol. The van der Waals surface area contributed by atoms with Crippen molar-refractivity contribution in [3.05, 3.63) is 11.8 Å². The Morgan fingerprint density at radius 3 is 2.53 bits per heavy atom. The molecule has 0 spiro atoms. The van der Waals surface area contributed by atoms with Gasteiger partial charge in [0.15, 0.2) is 0 Å². The van der Waals surface area contributed by atoms with Gasteiger partial charge in [0.1, 0.15) is 6.10 Å². The zero-order valence-corrected chi connectivity index (χ0v) is 10.7. The van der Waals surface area contributed by atoms with Crippen LogP contribution in [0.2, 0.25) is 0 Å². The van der Waals surface area contributed by atoms with Crippen LogP contribution in [0.3, 0.4) is 0 Å². The fraction of sp³-hybridized carbons (Fsp3) is 0.692. The molecule has 1 N–H and O–H groups in total. The van der Waals surface area contributed by atoms with Crippen LogP contribution in [-0.2, 0) is 0 Å². The molecule has 1 fully saturated rings. The molecule has 4 nitrogen and oxygen atoms in total. The van der Waals surface area contributed by atoms with Gasteiger partial charge in [-0.15, -0.1) is 0 Å². The largest absolute Gasteiger partial charge is 0.474 e. The number of nitrogens with one attached hydrogen (secondary N) is 1. The van der Waals surface area contributed by atoms with E-state index in [0.29, 0.717) is 17.9 Å². The van der Waals surface area contributed by atoms with Crippen molar-refractivity contribution in [1.82, 2.24) is 9.97 Å². The van der Waals surface area contributed by atoms with Crippen molar-refractivity contribution in [3.63, 3.8) is 0 Å². The van der Waals surface area contributed by atoms with Gasteiger partial charge in [-0.2, -0.15) is 4.98 Å². The number of nitrogens with zero attached hydrogens (tertiary/aromatic N) is 2. The zero-order chi connectivity index (χ0) is 12.1. The van der Waals surface area contributed by atoms with Crippen LogP contribution < -0.4 is 10.1 Å². The van der Waals surface area contributed by atoms with Crippen molar-refractivity contribution >= 4 is 5.95 Å². The number of aromatic nitrogens is 2. The van der Waals surface area contributed by atoms with Crippen molar-refractivity contribution < 1.29 is 4.74 Å². The molecule has 1 aromatic rings. The summed E-state index contributed by atoms with van der Waals surface area (Å²) < 4.78 is 5.97. The second kappa shape index (κ2) is 5.84. The molecule has 0 aliphatic heterocycles. The van der Waals surface area contributed by atoms with Crippen molar-refractivity contribution in [2.24, 2.45) is 0 Å². The Hall–Kier alpha value is -1.32. The molecule has 0 aromatic carbocycles. The third-order valence-electron chi connectivity index (χ3n) is 3.14. The van der Waals surface area contributed by atoms with Gasteiger partial charge in [-0.1, -0.05) is 12.8 Å². The van der Waals surface area contributed by atoms with Crippen LogP contribution in [0.5, 0.6) is 5.88 Å². The predicted molar refractivity (Wildman–Crippen MR) is 68.4 cm³/mol. The minimum Gasteiger partial charge on any atom is -0.474 e. The van der Waals surface area contributed by atoms with Gasteiger partial charge in [-0.3, -0.25) is 0 Å². The van der Waals surface area contributed by atoms with Crippen LogP contribution in [0, 0.1) is 6.92 Å². The van der Waals surface area contributed by atoms with E-state index in [1.807, 2.05) is 20.0 Å². The maximum atomic E-state index is 5.97. The van der Waals surface area contributed by atoms with Crippen molar-refractivity contribution in [3.8, 4) is 5.88 Å². The maximum Gasteiger partial charge on any atom is 0.225 e. The minimum atomic E-state index is 0.330. The lowest BCUT2D eigenvalue weighted by Gasteiger charge is -2.16. The van der Waals surface area contributed by atoms with Crippen LogP contribution in [0.4, 0.5) is 5.95 Å². The van der Waals surface area contributed by atoms with E-state index in [2.05, 4.69) is 15.3 Å². The summed E-state index contributed by atoms with van der Waals surface area (Å²) in [5, 5.41) is 2.96. The van der Waals surface area contributed by atoms with E-state index in [9.17, 15) is 0 Å². The van der Waals surface area contributed by atoms with Gasteiger partial charge in [0, 0.05) is 18.8 Å². The van der Waals surface area contributed by atoms with Gasteiger partial charge >= 0.3 is 0 Å². The van der Waals surface area contributed by atoms with Crippen LogP contribution in [0.25, 0.3) is 0 Å². The van der Waals surface area contributed by atoms with E-state index in [1.54, 1.807) is 0 Å². The third-order valence-corrected chi connectivity index (χ3v) is 3.14. The summed E-state index contributed by atoms with van der Waals surface area (Å²) in [5.41, 5.74) is 0.938. The molecule has 1 aromatic heterocycles. The Kier molecular flexibility index (Phi) is 4.18. The first-order valence-corrected chi connectivity index (χ1v) is 6.48. The number of anilines is 1. The first-order chi connectivity index (χ1) is 8.28. The number of ether oxygens (including phenoxy) is 1. The first kappa shape index (κ1) is 12.1. The van der Waals surface area contributed by atoms with Crippen LogP contribution in [-0.4, -0.2) is 23.1 Å². The number of hydrogen-bond acceptors (Lipinski definition) is 4. The van der Waals surface area contributed by atoms with Gasteiger partial charge in [0.2, 0.25) is 11.8 Å². The standard InChI is InChI=1S/C13H21N3O/c1-10-9-12(16-13(14-2)15-10)17-11-7-5-3-4-6-8-11/h9,11H,3-8H2,1-2H3,(H,14,15,16). The lowest BCUT2D eigenvalue weighted by Crippen LogP contribution is -2.16. The molecule has 0 bridgehead atoms. The van der Waals surface area contributed by atoms with Gasteiger partial charge in [0.25, 0.3) is 0 Å². The molecule has 0 amide bonds. The van der Waals surface area contributed by atoms with E-state index in [4.69, 9.17) is 4.74 Å². The highest BCUT2D eigenvalue weighted by molar-refractivity contribution is 5.29. The zero-order valence-electron chi connectivity index (χ0n) is 10.7. The Morgan fingerprint density at radius 2 is 1.88 bits per heavy atom. The molecule has 1 aliphatic carbocycles. The molecule has 2 rings (SSSR count). The first-order valence-electron chi connectivity index (χ1n) is 6.48. The maximum absolute atomic E-state index is 5.97. The molecule has 0 radical (unpaired) electrons. The van der Waals surface area contributed by atoms with E-state index >= 15 is 0 Å². The average Bonchev–Trinajstić information content (AvgIpc) is 2.57. The molecule has 0 saturated heterocycles. The Morgan fingerprint density at radius 1 is 1.18 bits per heavy atom. The topological polar surface area (TPSA) is 47.0 Å². The number of hydrogen-bond donors (Lipinski definition) is 1. The molecular weight excluding hydrogens is 214 g/mol. The fourth-order valence-electron chi connectivity index (χ4n) is 2.24. The summed E-state index contributed by atoms with van der Waals surface area (Å²) in [6.45, 7) is 1.96. The summed E-state index contributed by atoms with van der Waals surface area (Å²) >= 11 is 0. The second-order valence-corrected chi connectivity index (χ2v) is 4.65. The molecule has 0 atom stereocenters. The summed E-state index contributed by atoms with van der Waals surface area (Å²) in [6.07, 6.45) is 7.85. The Bertz CT molecular complexity index is 360. The monoisotopic (exact) mass is 235 g/mol. The smallest absolute Gasteiger partial charge is 0.225 e. The Balaban J connectivity index is 2.03. The highest BCUT2D eigenvalue weighted by Gasteiger charge is 2.14. The Labute approximate surface area is 103 Å². The molecule has 1 heterocycles. The SMILES string of the molecule is CNc1nc(C)cc(OC2CCCCCC2)n1. The molecule has 4 heteroatoms. The molecule has 0 unspecified atom stereocenters. The molecule has 1 saturated carbocycles. The van der Waals surface area contributed by atoms with Crippen molar-refractivity contribution in [2.75, 3.05) is 12.4 Å². The predicted octanol–water partition coefficient (Wildman–Crippen LogP) is 2.93. The quantitative estimate of drug-likeness (QED) is 0.818. The van der Waals surface area contributed by atoms with Crippen molar-refractivity contribution in [2.45, 2.75) is 51.6 Å². The van der Waals surface area contributed by atoms with Crippen molar-refractivity contribution in [1.29, 1.82) is 0 Å². The molecular formula is C13H21N3O. The van der Waals surface area contributed by atoms with E-state index in [0.717, 1.165) is 18.5 Å². The third kappa shape index (κ3) is 3.58. The van der Waals surface area contributed by atoms with Gasteiger partial charge in [0.05, 0.1) is 0 Å². The summed E-state index contributed by atoms with van der Waals surface area (Å²) in [7, 11) is 1.82. The van der Waals surface area contributed by atoms with Gasteiger partial charge in [-0.05, 0) is 32.6 Å².